The highest BCUT2D eigenvalue weighted by molar-refractivity contribution is 5.98. The lowest BCUT2D eigenvalue weighted by molar-refractivity contribution is -0.129. The summed E-state index contributed by atoms with van der Waals surface area (Å²) in [5.74, 6) is -0.110. The number of carbonyl (C=O) groups is 2. The largest absolute Gasteiger partial charge is 0.353 e. The molecular weight excluding hydrogens is 304 g/mol. The zero-order valence-corrected chi connectivity index (χ0v) is 14.2. The quantitative estimate of drug-likeness (QED) is 0.935. The van der Waals surface area contributed by atoms with Crippen LogP contribution in [0.1, 0.15) is 29.9 Å². The molecule has 2 aromatic rings. The summed E-state index contributed by atoms with van der Waals surface area (Å²) in [5, 5.41) is 7.10. The van der Waals surface area contributed by atoms with Crippen molar-refractivity contribution >= 4 is 11.8 Å². The van der Waals surface area contributed by atoms with Gasteiger partial charge >= 0.3 is 0 Å². The predicted octanol–water partition coefficient (Wildman–Crippen LogP) is 1.78. The molecule has 1 aliphatic rings. The summed E-state index contributed by atoms with van der Waals surface area (Å²) in [6.07, 6.45) is 1.74. The van der Waals surface area contributed by atoms with Gasteiger partial charge in [0.2, 0.25) is 5.91 Å². The van der Waals surface area contributed by atoms with E-state index >= 15 is 0 Å². The molecule has 1 unspecified atom stereocenters. The maximum atomic E-state index is 12.8. The lowest BCUT2D eigenvalue weighted by Crippen LogP contribution is -2.59. The van der Waals surface area contributed by atoms with Gasteiger partial charge in [0.05, 0.1) is 5.69 Å². The molecule has 2 heterocycles. The van der Waals surface area contributed by atoms with Crippen molar-refractivity contribution in [2.75, 3.05) is 13.1 Å². The number of hydrogen-bond acceptors (Lipinski definition) is 3. The second kappa shape index (κ2) is 6.47. The number of aromatic nitrogens is 2. The molecule has 1 aliphatic heterocycles. The van der Waals surface area contributed by atoms with E-state index in [0.717, 1.165) is 11.4 Å². The SMILES string of the molecule is Cc1ccnn1-c1ccc(C(=O)N2CCNC(=O)C2C(C)C)cc1. The van der Waals surface area contributed by atoms with Crippen molar-refractivity contribution in [2.45, 2.75) is 26.8 Å². The predicted molar refractivity (Wildman–Crippen MR) is 91.0 cm³/mol. The maximum Gasteiger partial charge on any atom is 0.254 e. The molecule has 1 aromatic heterocycles. The van der Waals surface area contributed by atoms with Crippen molar-refractivity contribution in [3.8, 4) is 5.69 Å². The van der Waals surface area contributed by atoms with E-state index in [0.29, 0.717) is 18.7 Å². The van der Waals surface area contributed by atoms with Gasteiger partial charge in [-0.3, -0.25) is 9.59 Å². The molecule has 1 atom stereocenters. The Morgan fingerprint density at radius 1 is 1.25 bits per heavy atom. The van der Waals surface area contributed by atoms with Gasteiger partial charge in [0.15, 0.2) is 0 Å². The average Bonchev–Trinajstić information content (AvgIpc) is 3.00. The van der Waals surface area contributed by atoms with Crippen LogP contribution >= 0.6 is 0 Å². The van der Waals surface area contributed by atoms with Crippen LogP contribution in [-0.4, -0.2) is 45.6 Å². The van der Waals surface area contributed by atoms with Crippen LogP contribution in [0.4, 0.5) is 0 Å². The van der Waals surface area contributed by atoms with E-state index in [1.54, 1.807) is 23.2 Å². The Morgan fingerprint density at radius 3 is 2.54 bits per heavy atom. The van der Waals surface area contributed by atoms with Gasteiger partial charge in [-0.1, -0.05) is 13.8 Å². The van der Waals surface area contributed by atoms with E-state index in [1.807, 2.05) is 43.7 Å². The molecular formula is C18H22N4O2. The monoisotopic (exact) mass is 326 g/mol. The van der Waals surface area contributed by atoms with Gasteiger partial charge in [0, 0.05) is 30.5 Å². The van der Waals surface area contributed by atoms with Crippen molar-refractivity contribution in [3.05, 3.63) is 47.8 Å². The molecule has 6 heteroatoms. The molecule has 0 saturated carbocycles. The minimum atomic E-state index is -0.417. The number of rotatable bonds is 3. The molecule has 24 heavy (non-hydrogen) atoms. The van der Waals surface area contributed by atoms with Crippen molar-refractivity contribution in [2.24, 2.45) is 5.92 Å². The van der Waals surface area contributed by atoms with Crippen molar-refractivity contribution in [1.82, 2.24) is 20.0 Å². The fourth-order valence-corrected chi connectivity index (χ4v) is 3.13. The normalized spacial score (nSPS) is 17.9. The van der Waals surface area contributed by atoms with Crippen LogP contribution in [0, 0.1) is 12.8 Å². The van der Waals surface area contributed by atoms with Crippen molar-refractivity contribution < 1.29 is 9.59 Å². The van der Waals surface area contributed by atoms with E-state index in [9.17, 15) is 9.59 Å². The first-order valence-corrected chi connectivity index (χ1v) is 8.19. The van der Waals surface area contributed by atoms with E-state index < -0.39 is 6.04 Å². The van der Waals surface area contributed by atoms with E-state index in [1.165, 1.54) is 0 Å². The van der Waals surface area contributed by atoms with Gasteiger partial charge in [-0.25, -0.2) is 4.68 Å². The Labute approximate surface area is 141 Å². The molecule has 0 bridgehead atoms. The molecule has 1 saturated heterocycles. The number of nitrogens with one attached hydrogen (secondary N) is 1. The molecule has 2 amide bonds. The third-order valence-electron chi connectivity index (χ3n) is 4.34. The van der Waals surface area contributed by atoms with Crippen LogP contribution in [0.3, 0.4) is 0 Å². The summed E-state index contributed by atoms with van der Waals surface area (Å²) >= 11 is 0. The smallest absolute Gasteiger partial charge is 0.254 e. The van der Waals surface area contributed by atoms with Gasteiger partial charge in [-0.15, -0.1) is 0 Å². The second-order valence-electron chi connectivity index (χ2n) is 6.41. The van der Waals surface area contributed by atoms with Crippen LogP contribution in [0.15, 0.2) is 36.5 Å². The molecule has 126 valence electrons. The van der Waals surface area contributed by atoms with Crippen LogP contribution in [0.5, 0.6) is 0 Å². The standard InChI is InChI=1S/C18H22N4O2/c1-12(2)16-17(23)19-10-11-21(16)18(24)14-4-6-15(7-5-14)22-13(3)8-9-20-22/h4-9,12,16H,10-11H2,1-3H3,(H,19,23). The Morgan fingerprint density at radius 2 is 1.96 bits per heavy atom. The Bertz CT molecular complexity index is 749. The first-order valence-electron chi connectivity index (χ1n) is 8.19. The van der Waals surface area contributed by atoms with E-state index in [2.05, 4.69) is 10.4 Å². The van der Waals surface area contributed by atoms with Crippen molar-refractivity contribution in [1.29, 1.82) is 0 Å². The van der Waals surface area contributed by atoms with Crippen molar-refractivity contribution in [3.63, 3.8) is 0 Å². The van der Waals surface area contributed by atoms with Crippen LogP contribution in [-0.2, 0) is 4.79 Å². The summed E-state index contributed by atoms with van der Waals surface area (Å²) in [7, 11) is 0. The average molecular weight is 326 g/mol. The molecule has 1 N–H and O–H groups in total. The summed E-state index contributed by atoms with van der Waals surface area (Å²) in [5.41, 5.74) is 2.52. The van der Waals surface area contributed by atoms with Gasteiger partial charge in [0.1, 0.15) is 6.04 Å². The topological polar surface area (TPSA) is 67.2 Å². The number of aryl methyl sites for hydroxylation is 1. The summed E-state index contributed by atoms with van der Waals surface area (Å²) in [6, 6.07) is 8.85. The number of nitrogens with zero attached hydrogens (tertiary/aromatic N) is 3. The summed E-state index contributed by atoms with van der Waals surface area (Å²) < 4.78 is 1.82. The number of piperazine rings is 1. The van der Waals surface area contributed by atoms with Crippen LogP contribution < -0.4 is 5.32 Å². The Hall–Kier alpha value is -2.63. The third kappa shape index (κ3) is 2.91. The third-order valence-corrected chi connectivity index (χ3v) is 4.34. The lowest BCUT2D eigenvalue weighted by atomic mass is 9.98. The number of benzene rings is 1. The fraction of sp³-hybridized carbons (Fsp3) is 0.389. The van der Waals surface area contributed by atoms with E-state index in [-0.39, 0.29) is 17.7 Å². The first-order chi connectivity index (χ1) is 11.5. The van der Waals surface area contributed by atoms with Crippen LogP contribution in [0.2, 0.25) is 0 Å². The Balaban J connectivity index is 1.84. The number of hydrogen-bond donors (Lipinski definition) is 1. The molecule has 1 fully saturated rings. The second-order valence-corrected chi connectivity index (χ2v) is 6.41. The molecule has 0 spiro atoms. The molecule has 0 radical (unpaired) electrons. The van der Waals surface area contributed by atoms with Crippen LogP contribution in [0.25, 0.3) is 5.69 Å². The zero-order chi connectivity index (χ0) is 17.3. The summed E-state index contributed by atoms with van der Waals surface area (Å²) in [4.78, 5) is 26.6. The summed E-state index contributed by atoms with van der Waals surface area (Å²) in [6.45, 7) is 6.93. The molecule has 6 nitrogen and oxygen atoms in total. The zero-order valence-electron chi connectivity index (χ0n) is 14.2. The van der Waals surface area contributed by atoms with Gasteiger partial charge in [-0.05, 0) is 43.2 Å². The van der Waals surface area contributed by atoms with E-state index in [4.69, 9.17) is 0 Å². The lowest BCUT2D eigenvalue weighted by Gasteiger charge is -2.37. The number of amides is 2. The van der Waals surface area contributed by atoms with Gasteiger partial charge in [0.25, 0.3) is 5.91 Å². The fourth-order valence-electron chi connectivity index (χ4n) is 3.13. The maximum absolute atomic E-state index is 12.8. The highest BCUT2D eigenvalue weighted by Crippen LogP contribution is 2.19. The van der Waals surface area contributed by atoms with Gasteiger partial charge in [-0.2, -0.15) is 5.10 Å². The Kier molecular flexibility index (Phi) is 4.38. The first kappa shape index (κ1) is 16.2. The van der Waals surface area contributed by atoms with Gasteiger partial charge < -0.3 is 10.2 Å². The minimum absolute atomic E-state index is 0.0697. The molecule has 1 aromatic carbocycles. The number of carbonyl (C=O) groups excluding carboxylic acids is 2. The highest BCUT2D eigenvalue weighted by atomic mass is 16.2. The highest BCUT2D eigenvalue weighted by Gasteiger charge is 2.35. The molecule has 3 rings (SSSR count). The minimum Gasteiger partial charge on any atom is -0.353 e. The molecule has 0 aliphatic carbocycles.